The first kappa shape index (κ1) is 14.2. The summed E-state index contributed by atoms with van der Waals surface area (Å²) in [5.41, 5.74) is -0.727. The van der Waals surface area contributed by atoms with E-state index in [0.717, 1.165) is 0 Å². The van der Waals surface area contributed by atoms with Gasteiger partial charge in [-0.15, -0.1) is 11.6 Å². The van der Waals surface area contributed by atoms with Crippen molar-refractivity contribution in [3.63, 3.8) is 0 Å². The lowest BCUT2D eigenvalue weighted by atomic mass is 9.89. The van der Waals surface area contributed by atoms with E-state index in [9.17, 15) is 9.59 Å². The van der Waals surface area contributed by atoms with Gasteiger partial charge in [0.15, 0.2) is 0 Å². The van der Waals surface area contributed by atoms with E-state index in [2.05, 4.69) is 5.32 Å². The van der Waals surface area contributed by atoms with Crippen LogP contribution in [-0.2, 0) is 9.59 Å². The second kappa shape index (κ2) is 5.92. The summed E-state index contributed by atoms with van der Waals surface area (Å²) >= 11 is 5.82. The lowest BCUT2D eigenvalue weighted by molar-refractivity contribution is -0.136. The first-order chi connectivity index (χ1) is 6.81. The van der Waals surface area contributed by atoms with Crippen molar-refractivity contribution >= 4 is 23.5 Å². The summed E-state index contributed by atoms with van der Waals surface area (Å²) in [6, 6.07) is 0. The van der Waals surface area contributed by atoms with Crippen LogP contribution >= 0.6 is 11.6 Å². The maximum Gasteiger partial charge on any atom is 0.305 e. The molecule has 0 spiro atoms. The first-order valence-corrected chi connectivity index (χ1v) is 4.99. The summed E-state index contributed by atoms with van der Waals surface area (Å²) in [6.45, 7) is 3.13. The molecule has 0 aliphatic rings. The van der Waals surface area contributed by atoms with Gasteiger partial charge in [0.1, 0.15) is 5.38 Å². The fraction of sp³-hybridized carbons (Fsp3) is 0.778. The summed E-state index contributed by atoms with van der Waals surface area (Å²) in [7, 11) is 0. The predicted octanol–water partition coefficient (Wildman–Crippen LogP) is 0.203. The highest BCUT2D eigenvalue weighted by Gasteiger charge is 2.32. The van der Waals surface area contributed by atoms with Gasteiger partial charge in [0.2, 0.25) is 5.91 Å². The molecule has 1 amide bonds. The number of carboxylic acids is 1. The van der Waals surface area contributed by atoms with E-state index >= 15 is 0 Å². The Hall–Kier alpha value is -0.810. The molecule has 0 heterocycles. The number of carbonyl (C=O) groups is 2. The summed E-state index contributed by atoms with van der Waals surface area (Å²) < 4.78 is 0. The van der Waals surface area contributed by atoms with Crippen molar-refractivity contribution in [1.29, 1.82) is 0 Å². The highest BCUT2D eigenvalue weighted by molar-refractivity contribution is 6.31. The summed E-state index contributed by atoms with van der Waals surface area (Å²) in [5, 5.41) is 18.8. The molecule has 0 aliphatic carbocycles. The van der Waals surface area contributed by atoms with Crippen LogP contribution in [-0.4, -0.2) is 40.6 Å². The smallest absolute Gasteiger partial charge is 0.305 e. The molecule has 0 aromatic heterocycles. The minimum atomic E-state index is -0.983. The number of aliphatic hydroxyl groups is 1. The Morgan fingerprint density at radius 3 is 2.40 bits per heavy atom. The van der Waals surface area contributed by atoms with Crippen molar-refractivity contribution in [2.45, 2.75) is 25.6 Å². The van der Waals surface area contributed by atoms with Crippen LogP contribution in [0.25, 0.3) is 0 Å². The molecule has 88 valence electrons. The minimum absolute atomic E-state index is 0.0406. The quantitative estimate of drug-likeness (QED) is 0.576. The summed E-state index contributed by atoms with van der Waals surface area (Å²) in [4.78, 5) is 21.6. The number of halogens is 1. The number of alkyl halides is 1. The maximum absolute atomic E-state index is 11.4. The van der Waals surface area contributed by atoms with Crippen LogP contribution in [0.2, 0.25) is 0 Å². The normalized spacial score (nSPS) is 13.3. The third-order valence-corrected chi connectivity index (χ3v) is 2.75. The number of aliphatic hydroxyl groups excluding tert-OH is 1. The molecule has 0 radical (unpaired) electrons. The number of nitrogens with one attached hydrogen (secondary N) is 1. The Bertz CT molecular complexity index is 242. The molecule has 0 aromatic carbocycles. The monoisotopic (exact) mass is 237 g/mol. The number of amides is 1. The first-order valence-electron chi connectivity index (χ1n) is 4.55. The Kier molecular flexibility index (Phi) is 5.60. The number of carboxylic acid groups (broad SMARTS) is 1. The number of aliphatic carboxylic acids is 1. The number of carbonyl (C=O) groups excluding carboxylic acids is 1. The molecule has 0 saturated carbocycles. The van der Waals surface area contributed by atoms with Crippen LogP contribution in [0.1, 0.15) is 20.3 Å². The molecule has 0 rings (SSSR count). The van der Waals surface area contributed by atoms with Crippen molar-refractivity contribution in [1.82, 2.24) is 5.32 Å². The molecule has 0 fully saturated rings. The molecule has 6 heteroatoms. The van der Waals surface area contributed by atoms with E-state index in [-0.39, 0.29) is 19.6 Å². The van der Waals surface area contributed by atoms with Crippen molar-refractivity contribution in [3.05, 3.63) is 0 Å². The SMILES string of the molecule is CC(C)(CO)C(Cl)C(=O)NCCC(=O)O. The Balaban J connectivity index is 4.05. The molecule has 1 unspecified atom stereocenters. The molecule has 0 bridgehead atoms. The van der Waals surface area contributed by atoms with Gasteiger partial charge in [-0.25, -0.2) is 0 Å². The molecule has 0 aliphatic heterocycles. The van der Waals surface area contributed by atoms with Gasteiger partial charge in [0.05, 0.1) is 13.0 Å². The molecule has 15 heavy (non-hydrogen) atoms. The summed E-state index contributed by atoms with van der Waals surface area (Å²) in [6.07, 6.45) is -0.144. The summed E-state index contributed by atoms with van der Waals surface area (Å²) in [5.74, 6) is -1.44. The molecule has 1 atom stereocenters. The average Bonchev–Trinajstić information content (AvgIpc) is 2.15. The largest absolute Gasteiger partial charge is 0.481 e. The lowest BCUT2D eigenvalue weighted by Gasteiger charge is -2.26. The van der Waals surface area contributed by atoms with E-state index in [0.29, 0.717) is 0 Å². The van der Waals surface area contributed by atoms with E-state index in [1.807, 2.05) is 0 Å². The zero-order valence-electron chi connectivity index (χ0n) is 8.79. The predicted molar refractivity (Wildman–Crippen MR) is 55.8 cm³/mol. The van der Waals surface area contributed by atoms with Gasteiger partial charge in [0, 0.05) is 12.0 Å². The molecule has 0 saturated heterocycles. The van der Waals surface area contributed by atoms with Gasteiger partial charge >= 0.3 is 5.97 Å². The maximum atomic E-state index is 11.4. The molecule has 3 N–H and O–H groups in total. The third-order valence-electron chi connectivity index (χ3n) is 1.96. The van der Waals surface area contributed by atoms with Crippen molar-refractivity contribution in [2.24, 2.45) is 5.41 Å². The fourth-order valence-electron chi connectivity index (χ4n) is 0.817. The zero-order chi connectivity index (χ0) is 12.1. The van der Waals surface area contributed by atoms with Crippen LogP contribution in [0, 0.1) is 5.41 Å². The van der Waals surface area contributed by atoms with Gasteiger partial charge in [-0.2, -0.15) is 0 Å². The minimum Gasteiger partial charge on any atom is -0.481 e. The van der Waals surface area contributed by atoms with E-state index < -0.39 is 22.7 Å². The van der Waals surface area contributed by atoms with Crippen LogP contribution in [0.3, 0.4) is 0 Å². The van der Waals surface area contributed by atoms with E-state index in [1.54, 1.807) is 13.8 Å². The lowest BCUT2D eigenvalue weighted by Crippen LogP contribution is -2.42. The Morgan fingerprint density at radius 1 is 1.47 bits per heavy atom. The Morgan fingerprint density at radius 2 is 2.00 bits per heavy atom. The molecular weight excluding hydrogens is 222 g/mol. The standard InChI is InChI=1S/C9H16ClNO4/c1-9(2,5-12)7(10)8(15)11-4-3-6(13)14/h7,12H,3-5H2,1-2H3,(H,11,15)(H,13,14). The van der Waals surface area contributed by atoms with E-state index in [1.165, 1.54) is 0 Å². The molecule has 5 nitrogen and oxygen atoms in total. The van der Waals surface area contributed by atoms with Crippen molar-refractivity contribution < 1.29 is 19.8 Å². The Labute approximate surface area is 93.4 Å². The highest BCUT2D eigenvalue weighted by Crippen LogP contribution is 2.24. The highest BCUT2D eigenvalue weighted by atomic mass is 35.5. The third kappa shape index (κ3) is 4.99. The van der Waals surface area contributed by atoms with Gasteiger partial charge in [0.25, 0.3) is 0 Å². The van der Waals surface area contributed by atoms with Crippen molar-refractivity contribution in [2.75, 3.05) is 13.2 Å². The fourth-order valence-corrected chi connectivity index (χ4v) is 0.963. The second-order valence-corrected chi connectivity index (χ2v) is 4.38. The van der Waals surface area contributed by atoms with Gasteiger partial charge in [-0.05, 0) is 0 Å². The van der Waals surface area contributed by atoms with Crippen LogP contribution < -0.4 is 5.32 Å². The van der Waals surface area contributed by atoms with Crippen molar-refractivity contribution in [3.8, 4) is 0 Å². The molecular formula is C9H16ClNO4. The van der Waals surface area contributed by atoms with Gasteiger partial charge < -0.3 is 15.5 Å². The average molecular weight is 238 g/mol. The van der Waals surface area contributed by atoms with Crippen LogP contribution in [0.4, 0.5) is 0 Å². The number of hydrogen-bond acceptors (Lipinski definition) is 3. The topological polar surface area (TPSA) is 86.6 Å². The van der Waals surface area contributed by atoms with Crippen LogP contribution in [0.5, 0.6) is 0 Å². The van der Waals surface area contributed by atoms with Gasteiger partial charge in [-0.1, -0.05) is 13.8 Å². The number of rotatable bonds is 6. The zero-order valence-corrected chi connectivity index (χ0v) is 9.54. The van der Waals surface area contributed by atoms with Gasteiger partial charge in [-0.3, -0.25) is 9.59 Å². The van der Waals surface area contributed by atoms with E-state index in [4.69, 9.17) is 21.8 Å². The van der Waals surface area contributed by atoms with Crippen LogP contribution in [0.15, 0.2) is 0 Å². The number of hydrogen-bond donors (Lipinski definition) is 3. The molecule has 0 aromatic rings. The second-order valence-electron chi connectivity index (χ2n) is 3.94.